The molecule has 1 fully saturated rings. The lowest BCUT2D eigenvalue weighted by atomic mass is 10.2. The van der Waals surface area contributed by atoms with Crippen LogP contribution in [0.5, 0.6) is 0 Å². The molecule has 1 saturated heterocycles. The zero-order valence-corrected chi connectivity index (χ0v) is 12.8. The van der Waals surface area contributed by atoms with Gasteiger partial charge in [0.25, 0.3) is 10.2 Å². The molecule has 1 heterocycles. The first-order valence-corrected chi connectivity index (χ1v) is 8.34. The third-order valence-electron chi connectivity index (χ3n) is 3.29. The second kappa shape index (κ2) is 6.84. The van der Waals surface area contributed by atoms with Crippen molar-refractivity contribution in [1.82, 2.24) is 13.9 Å². The summed E-state index contributed by atoms with van der Waals surface area (Å²) in [6, 6.07) is 0.0462. The van der Waals surface area contributed by atoms with Crippen molar-refractivity contribution in [2.75, 3.05) is 26.2 Å². The molecule has 2 unspecified atom stereocenters. The van der Waals surface area contributed by atoms with Gasteiger partial charge in [-0.25, -0.2) is 0 Å². The van der Waals surface area contributed by atoms with Gasteiger partial charge in [0, 0.05) is 38.3 Å². The van der Waals surface area contributed by atoms with Crippen LogP contribution in [0.4, 0.5) is 0 Å². The van der Waals surface area contributed by atoms with E-state index in [1.165, 1.54) is 0 Å². The van der Waals surface area contributed by atoms with Gasteiger partial charge in [0.1, 0.15) is 0 Å². The molecule has 0 saturated carbocycles. The second-order valence-electron chi connectivity index (χ2n) is 5.09. The van der Waals surface area contributed by atoms with Gasteiger partial charge in [0.15, 0.2) is 0 Å². The zero-order valence-electron chi connectivity index (χ0n) is 12.0. The van der Waals surface area contributed by atoms with Gasteiger partial charge in [-0.3, -0.25) is 0 Å². The summed E-state index contributed by atoms with van der Waals surface area (Å²) in [5, 5.41) is 3.26. The van der Waals surface area contributed by atoms with Crippen LogP contribution in [-0.2, 0) is 10.2 Å². The van der Waals surface area contributed by atoms with Crippen molar-refractivity contribution >= 4 is 10.2 Å². The van der Waals surface area contributed by atoms with Crippen molar-refractivity contribution in [2.24, 2.45) is 0 Å². The van der Waals surface area contributed by atoms with Gasteiger partial charge in [0.2, 0.25) is 0 Å². The highest BCUT2D eigenvalue weighted by Gasteiger charge is 2.37. The minimum Gasteiger partial charge on any atom is -0.314 e. The maximum Gasteiger partial charge on any atom is 0.282 e. The lowest BCUT2D eigenvalue weighted by Crippen LogP contribution is -2.60. The lowest BCUT2D eigenvalue weighted by Gasteiger charge is -2.40. The standard InChI is InChI=1S/C12H27N3O2S/c1-5-7-14(8-6-2)18(16,17)15-11(3)9-13-10-12(15)4/h11-13H,5-10H2,1-4H3. The minimum absolute atomic E-state index is 0.0231. The number of rotatable bonds is 6. The SMILES string of the molecule is CCCN(CCC)S(=O)(=O)N1C(C)CNCC1C. The van der Waals surface area contributed by atoms with E-state index >= 15 is 0 Å². The number of hydrogen-bond acceptors (Lipinski definition) is 3. The molecular weight excluding hydrogens is 250 g/mol. The highest BCUT2D eigenvalue weighted by atomic mass is 32.2. The van der Waals surface area contributed by atoms with Crippen LogP contribution in [0.15, 0.2) is 0 Å². The molecule has 5 nitrogen and oxygen atoms in total. The highest BCUT2D eigenvalue weighted by Crippen LogP contribution is 2.19. The first kappa shape index (κ1) is 15.9. The van der Waals surface area contributed by atoms with Crippen LogP contribution < -0.4 is 5.32 Å². The van der Waals surface area contributed by atoms with Gasteiger partial charge in [-0.05, 0) is 26.7 Å². The van der Waals surface area contributed by atoms with Crippen LogP contribution in [0.2, 0.25) is 0 Å². The maximum absolute atomic E-state index is 12.7. The van der Waals surface area contributed by atoms with Crippen LogP contribution in [0.3, 0.4) is 0 Å². The van der Waals surface area contributed by atoms with E-state index in [9.17, 15) is 8.42 Å². The summed E-state index contributed by atoms with van der Waals surface area (Å²) in [7, 11) is -3.32. The molecular formula is C12H27N3O2S. The maximum atomic E-state index is 12.7. The summed E-state index contributed by atoms with van der Waals surface area (Å²) in [6.45, 7) is 10.7. The van der Waals surface area contributed by atoms with Crippen molar-refractivity contribution in [3.63, 3.8) is 0 Å². The largest absolute Gasteiger partial charge is 0.314 e. The van der Waals surface area contributed by atoms with Crippen LogP contribution >= 0.6 is 0 Å². The Hall–Kier alpha value is -0.170. The number of nitrogens with one attached hydrogen (secondary N) is 1. The molecule has 6 heteroatoms. The monoisotopic (exact) mass is 277 g/mol. The molecule has 0 spiro atoms. The van der Waals surface area contributed by atoms with E-state index in [0.717, 1.165) is 25.9 Å². The van der Waals surface area contributed by atoms with Crippen LogP contribution in [0.1, 0.15) is 40.5 Å². The molecule has 0 aromatic rings. The van der Waals surface area contributed by atoms with E-state index < -0.39 is 10.2 Å². The summed E-state index contributed by atoms with van der Waals surface area (Å²) in [5.74, 6) is 0. The van der Waals surface area contributed by atoms with Crippen LogP contribution in [-0.4, -0.2) is 55.3 Å². The van der Waals surface area contributed by atoms with Gasteiger partial charge in [-0.15, -0.1) is 0 Å². The van der Waals surface area contributed by atoms with Crippen LogP contribution in [0, 0.1) is 0 Å². The summed E-state index contributed by atoms with van der Waals surface area (Å²) in [5.41, 5.74) is 0. The van der Waals surface area contributed by atoms with E-state index in [2.05, 4.69) is 5.32 Å². The van der Waals surface area contributed by atoms with Gasteiger partial charge in [-0.2, -0.15) is 17.0 Å². The Labute approximate surface area is 112 Å². The second-order valence-corrected chi connectivity index (χ2v) is 6.93. The molecule has 1 rings (SSSR count). The average Bonchev–Trinajstić information content (AvgIpc) is 2.28. The first-order chi connectivity index (χ1) is 8.45. The molecule has 1 N–H and O–H groups in total. The fraction of sp³-hybridized carbons (Fsp3) is 1.00. The third kappa shape index (κ3) is 3.44. The molecule has 18 heavy (non-hydrogen) atoms. The smallest absolute Gasteiger partial charge is 0.282 e. The molecule has 0 aromatic carbocycles. The summed E-state index contributed by atoms with van der Waals surface area (Å²) < 4.78 is 28.7. The Bertz CT molecular complexity index is 329. The molecule has 108 valence electrons. The van der Waals surface area contributed by atoms with E-state index in [1.807, 2.05) is 27.7 Å². The molecule has 2 atom stereocenters. The topological polar surface area (TPSA) is 52.7 Å². The number of hydrogen-bond donors (Lipinski definition) is 1. The third-order valence-corrected chi connectivity index (χ3v) is 5.56. The predicted molar refractivity (Wildman–Crippen MR) is 74.7 cm³/mol. The van der Waals surface area contributed by atoms with Gasteiger partial charge in [-0.1, -0.05) is 13.8 Å². The van der Waals surface area contributed by atoms with E-state index in [0.29, 0.717) is 13.1 Å². The predicted octanol–water partition coefficient (Wildman–Crippen LogP) is 1.04. The molecule has 1 aliphatic heterocycles. The highest BCUT2D eigenvalue weighted by molar-refractivity contribution is 7.86. The van der Waals surface area contributed by atoms with E-state index in [-0.39, 0.29) is 12.1 Å². The number of nitrogens with zero attached hydrogens (tertiary/aromatic N) is 2. The molecule has 0 aliphatic carbocycles. The molecule has 0 amide bonds. The average molecular weight is 277 g/mol. The van der Waals surface area contributed by atoms with Gasteiger partial charge >= 0.3 is 0 Å². The van der Waals surface area contributed by atoms with Crippen molar-refractivity contribution in [2.45, 2.75) is 52.6 Å². The Morgan fingerprint density at radius 3 is 1.94 bits per heavy atom. The fourth-order valence-corrected chi connectivity index (χ4v) is 4.70. The van der Waals surface area contributed by atoms with Crippen molar-refractivity contribution < 1.29 is 8.42 Å². The summed E-state index contributed by atoms with van der Waals surface area (Å²) in [4.78, 5) is 0. The van der Waals surface area contributed by atoms with Crippen molar-refractivity contribution in [3.8, 4) is 0 Å². The van der Waals surface area contributed by atoms with Crippen molar-refractivity contribution in [3.05, 3.63) is 0 Å². The molecule has 1 aliphatic rings. The first-order valence-electron chi connectivity index (χ1n) is 6.94. The van der Waals surface area contributed by atoms with Crippen LogP contribution in [0.25, 0.3) is 0 Å². The molecule has 0 radical (unpaired) electrons. The fourth-order valence-electron chi connectivity index (χ4n) is 2.54. The Balaban J connectivity index is 2.93. The van der Waals surface area contributed by atoms with E-state index in [1.54, 1.807) is 8.61 Å². The summed E-state index contributed by atoms with van der Waals surface area (Å²) in [6.07, 6.45) is 1.71. The Kier molecular flexibility index (Phi) is 6.04. The Morgan fingerprint density at radius 2 is 1.56 bits per heavy atom. The molecule has 0 aromatic heterocycles. The van der Waals surface area contributed by atoms with E-state index in [4.69, 9.17) is 0 Å². The Morgan fingerprint density at radius 1 is 1.11 bits per heavy atom. The zero-order chi connectivity index (χ0) is 13.8. The summed E-state index contributed by atoms with van der Waals surface area (Å²) >= 11 is 0. The molecule has 0 bridgehead atoms. The number of piperazine rings is 1. The minimum atomic E-state index is -3.32. The lowest BCUT2D eigenvalue weighted by molar-refractivity contribution is 0.202. The van der Waals surface area contributed by atoms with Gasteiger partial charge < -0.3 is 5.32 Å². The van der Waals surface area contributed by atoms with Crippen molar-refractivity contribution in [1.29, 1.82) is 0 Å². The van der Waals surface area contributed by atoms with Gasteiger partial charge in [0.05, 0.1) is 0 Å². The normalized spacial score (nSPS) is 26.7. The quantitative estimate of drug-likeness (QED) is 0.789.